The molecule has 0 N–H and O–H groups in total. The first-order valence-corrected chi connectivity index (χ1v) is 9.82. The highest BCUT2D eigenvalue weighted by atomic mass is 35.5. The number of nitro benzene ring substituents is 1. The quantitative estimate of drug-likeness (QED) is 0.208. The normalized spacial score (nSPS) is 12.6. The zero-order chi connectivity index (χ0) is 22.9. The lowest BCUT2D eigenvalue weighted by Gasteiger charge is -2.13. The van der Waals surface area contributed by atoms with Gasteiger partial charge in [0, 0.05) is 12.1 Å². The lowest BCUT2D eigenvalue weighted by atomic mass is 10.1. The van der Waals surface area contributed by atoms with Crippen molar-refractivity contribution in [2.45, 2.75) is 6.18 Å². The van der Waals surface area contributed by atoms with Crippen LogP contribution in [-0.2, 0) is 20.9 Å². The van der Waals surface area contributed by atoms with Crippen molar-refractivity contribution in [2.24, 2.45) is 4.40 Å². The molecule has 0 aliphatic heterocycles. The van der Waals surface area contributed by atoms with E-state index in [1.807, 2.05) is 0 Å². The molecule has 2 aromatic carbocycles. The van der Waals surface area contributed by atoms with Gasteiger partial charge in [0.1, 0.15) is 11.3 Å². The zero-order valence-electron chi connectivity index (χ0n) is 15.0. The van der Waals surface area contributed by atoms with Gasteiger partial charge < -0.3 is 9.47 Å². The van der Waals surface area contributed by atoms with Crippen molar-refractivity contribution in [3.8, 4) is 11.5 Å². The molecule has 0 heterocycles. The molecule has 0 amide bonds. The lowest BCUT2D eigenvalue weighted by Crippen LogP contribution is -2.10. The van der Waals surface area contributed by atoms with Crippen molar-refractivity contribution in [1.29, 1.82) is 0 Å². The second-order valence-electron chi connectivity index (χ2n) is 5.64. The number of halogens is 5. The Hall–Kier alpha value is -2.93. The number of alkyl halides is 3. The molecule has 0 saturated carbocycles. The monoisotopic (exact) mass is 470 g/mol. The predicted octanol–water partition coefficient (Wildman–Crippen LogP) is 4.55. The Morgan fingerprint density at radius 3 is 2.33 bits per heavy atom. The van der Waals surface area contributed by atoms with Crippen LogP contribution in [0, 0.1) is 15.9 Å². The third-order valence-electron chi connectivity index (χ3n) is 3.38. The van der Waals surface area contributed by atoms with Crippen LogP contribution >= 0.6 is 11.6 Å². The molecule has 2 aromatic rings. The lowest BCUT2D eigenvalue weighted by molar-refractivity contribution is -0.385. The largest absolute Gasteiger partial charge is 0.480 e. The van der Waals surface area contributed by atoms with Crippen molar-refractivity contribution in [3.63, 3.8) is 0 Å². The molecule has 0 atom stereocenters. The van der Waals surface area contributed by atoms with Crippen LogP contribution in [0.4, 0.5) is 23.2 Å². The maximum absolute atomic E-state index is 14.1. The van der Waals surface area contributed by atoms with Crippen LogP contribution < -0.4 is 4.74 Å². The third kappa shape index (κ3) is 5.57. The number of nitrogens with zero attached hydrogens (tertiary/aromatic N) is 2. The van der Waals surface area contributed by atoms with Gasteiger partial charge in [0.15, 0.2) is 11.6 Å². The highest BCUT2D eigenvalue weighted by Gasteiger charge is 2.33. The summed E-state index contributed by atoms with van der Waals surface area (Å²) in [4.78, 5) is 10.4. The first-order valence-electron chi connectivity index (χ1n) is 7.59. The van der Waals surface area contributed by atoms with Crippen molar-refractivity contribution >= 4 is 33.2 Å². The molecular formula is C16H11ClF4N2O6S. The Morgan fingerprint density at radius 1 is 1.23 bits per heavy atom. The summed E-state index contributed by atoms with van der Waals surface area (Å²) in [6, 6.07) is 3.40. The molecule has 30 heavy (non-hydrogen) atoms. The van der Waals surface area contributed by atoms with E-state index in [1.165, 1.54) is 0 Å². The molecule has 0 bridgehead atoms. The fourth-order valence-corrected chi connectivity index (χ4v) is 2.92. The predicted molar refractivity (Wildman–Crippen MR) is 98.0 cm³/mol. The minimum absolute atomic E-state index is 0.166. The van der Waals surface area contributed by atoms with Gasteiger partial charge in [-0.05, 0) is 18.2 Å². The van der Waals surface area contributed by atoms with E-state index in [9.17, 15) is 36.1 Å². The zero-order valence-corrected chi connectivity index (χ0v) is 16.6. The highest BCUT2D eigenvalue weighted by molar-refractivity contribution is 7.89. The third-order valence-corrected chi connectivity index (χ3v) is 4.16. The molecule has 0 radical (unpaired) electrons. The van der Waals surface area contributed by atoms with Crippen molar-refractivity contribution < 1.29 is 40.4 Å². The molecule has 0 aliphatic carbocycles. The summed E-state index contributed by atoms with van der Waals surface area (Å²) in [6.45, 7) is 0. The summed E-state index contributed by atoms with van der Waals surface area (Å²) in [7, 11) is -3.01. The number of nitro groups is 1. The molecule has 0 spiro atoms. The molecule has 14 heteroatoms. The van der Waals surface area contributed by atoms with Crippen LogP contribution in [0.25, 0.3) is 0 Å². The number of methoxy groups -OCH3 is 1. The summed E-state index contributed by atoms with van der Waals surface area (Å²) in [5, 5.41) is 10.5. The molecule has 0 unspecified atom stereocenters. The minimum atomic E-state index is -4.85. The van der Waals surface area contributed by atoms with E-state index in [2.05, 4.69) is 4.40 Å². The van der Waals surface area contributed by atoms with Crippen LogP contribution in [0.1, 0.15) is 11.1 Å². The van der Waals surface area contributed by atoms with Gasteiger partial charge in [0.25, 0.3) is 15.7 Å². The molecule has 0 fully saturated rings. The van der Waals surface area contributed by atoms with Gasteiger partial charge in [-0.2, -0.15) is 13.2 Å². The maximum Gasteiger partial charge on any atom is 0.416 e. The standard InChI is InChI=1S/C16H11ClF4N2O6S/c1-28-15(22-30(2,26)27)10-7-9(3-4-13(10)23(24)25)29-14-11(17)5-8(6-12(14)18)16(19,20)21/h3-7H,1-2H3. The van der Waals surface area contributed by atoms with Gasteiger partial charge in [-0.3, -0.25) is 10.1 Å². The van der Waals surface area contributed by atoms with E-state index in [4.69, 9.17) is 21.1 Å². The number of sulfonamides is 1. The Balaban J connectivity index is 2.58. The Labute approximate surface area is 171 Å². The van der Waals surface area contributed by atoms with Crippen molar-refractivity contribution in [1.82, 2.24) is 0 Å². The summed E-state index contributed by atoms with van der Waals surface area (Å²) in [5.74, 6) is -3.18. The van der Waals surface area contributed by atoms with E-state index in [1.54, 1.807) is 0 Å². The molecular weight excluding hydrogens is 460 g/mol. The molecule has 0 aromatic heterocycles. The average Bonchev–Trinajstić information content (AvgIpc) is 2.60. The average molecular weight is 471 g/mol. The molecule has 0 aliphatic rings. The van der Waals surface area contributed by atoms with E-state index in [0.717, 1.165) is 31.6 Å². The highest BCUT2D eigenvalue weighted by Crippen LogP contribution is 2.39. The van der Waals surface area contributed by atoms with Crippen LogP contribution in [0.15, 0.2) is 34.7 Å². The summed E-state index contributed by atoms with van der Waals surface area (Å²) in [5.41, 5.74) is -2.40. The first-order chi connectivity index (χ1) is 13.7. The SMILES string of the molecule is COC(=NS(C)(=O)=O)c1cc(Oc2c(F)cc(C(F)(F)F)cc2Cl)ccc1[N+](=O)[O-]. The van der Waals surface area contributed by atoms with Gasteiger partial charge in [-0.25, -0.2) is 12.8 Å². The fourth-order valence-electron chi connectivity index (χ4n) is 2.20. The van der Waals surface area contributed by atoms with E-state index >= 15 is 0 Å². The van der Waals surface area contributed by atoms with Crippen LogP contribution in [0.3, 0.4) is 0 Å². The molecule has 2 rings (SSSR count). The van der Waals surface area contributed by atoms with Crippen molar-refractivity contribution in [3.05, 3.63) is 62.4 Å². The number of ether oxygens (including phenoxy) is 2. The number of benzene rings is 2. The van der Waals surface area contributed by atoms with Crippen LogP contribution in [0.2, 0.25) is 5.02 Å². The summed E-state index contributed by atoms with van der Waals surface area (Å²) < 4.78 is 88.3. The van der Waals surface area contributed by atoms with Gasteiger partial charge in [-0.1, -0.05) is 11.6 Å². The smallest absolute Gasteiger partial charge is 0.416 e. The van der Waals surface area contributed by atoms with Gasteiger partial charge in [-0.15, -0.1) is 4.40 Å². The van der Waals surface area contributed by atoms with Gasteiger partial charge >= 0.3 is 6.18 Å². The molecule has 0 saturated heterocycles. The number of hydrogen-bond acceptors (Lipinski definition) is 6. The maximum atomic E-state index is 14.1. The van der Waals surface area contributed by atoms with Crippen LogP contribution in [-0.4, -0.2) is 32.6 Å². The Morgan fingerprint density at radius 2 is 1.87 bits per heavy atom. The Bertz CT molecular complexity index is 1110. The molecule has 8 nitrogen and oxygen atoms in total. The fraction of sp³-hybridized carbons (Fsp3) is 0.188. The van der Waals surface area contributed by atoms with E-state index < -0.39 is 60.4 Å². The van der Waals surface area contributed by atoms with Crippen molar-refractivity contribution in [2.75, 3.05) is 13.4 Å². The van der Waals surface area contributed by atoms with Crippen LogP contribution in [0.5, 0.6) is 11.5 Å². The topological polar surface area (TPSA) is 108 Å². The summed E-state index contributed by atoms with van der Waals surface area (Å²) >= 11 is 5.69. The molecule has 162 valence electrons. The van der Waals surface area contributed by atoms with E-state index in [-0.39, 0.29) is 11.8 Å². The summed E-state index contributed by atoms with van der Waals surface area (Å²) in [6.07, 6.45) is -4.13. The van der Waals surface area contributed by atoms with Gasteiger partial charge in [0.05, 0.1) is 28.9 Å². The van der Waals surface area contributed by atoms with E-state index in [0.29, 0.717) is 6.07 Å². The number of hydrogen-bond donors (Lipinski definition) is 0. The second kappa shape index (κ2) is 8.44. The second-order valence-corrected chi connectivity index (χ2v) is 7.69. The minimum Gasteiger partial charge on any atom is -0.480 e. The number of rotatable bonds is 5. The Kier molecular flexibility index (Phi) is 6.57. The first kappa shape index (κ1) is 23.3. The van der Waals surface area contributed by atoms with Gasteiger partial charge in [0.2, 0.25) is 5.90 Å².